The molecule has 1 aromatic carbocycles. The number of amides is 1. The number of aliphatic imine (C=N–C) groups is 1. The summed E-state index contributed by atoms with van der Waals surface area (Å²) in [6, 6.07) is 11.2. The fourth-order valence-corrected chi connectivity index (χ4v) is 7.03. The molecule has 0 atom stereocenters. The highest BCUT2D eigenvalue weighted by Crippen LogP contribution is 2.39. The zero-order chi connectivity index (χ0) is 23.7. The number of halogens is 1. The van der Waals surface area contributed by atoms with E-state index in [0.29, 0.717) is 12.1 Å². The number of rotatable bonds is 4. The molecule has 0 spiro atoms. The van der Waals surface area contributed by atoms with E-state index >= 15 is 0 Å². The van der Waals surface area contributed by atoms with Crippen LogP contribution in [-0.4, -0.2) is 32.6 Å². The van der Waals surface area contributed by atoms with E-state index in [9.17, 15) is 4.79 Å². The third kappa shape index (κ3) is 4.94. The van der Waals surface area contributed by atoms with Crippen LogP contribution in [0.4, 0.5) is 0 Å². The lowest BCUT2D eigenvalue weighted by Gasteiger charge is -2.31. The molecule has 2 heterocycles. The number of hydrogen-bond acceptors (Lipinski definition) is 3. The zero-order valence-corrected chi connectivity index (χ0v) is 22.6. The molecule has 2 aliphatic carbocycles. The molecule has 34 heavy (non-hydrogen) atoms. The minimum atomic E-state index is 0.153. The van der Waals surface area contributed by atoms with Gasteiger partial charge in [0.1, 0.15) is 0 Å². The van der Waals surface area contributed by atoms with Gasteiger partial charge in [0.25, 0.3) is 5.91 Å². The predicted octanol–water partition coefficient (Wildman–Crippen LogP) is 7.79. The van der Waals surface area contributed by atoms with Gasteiger partial charge in [-0.3, -0.25) is 14.7 Å². The summed E-state index contributed by atoms with van der Waals surface area (Å²) in [4.78, 5) is 21.8. The molecule has 0 N–H and O–H groups in total. The standard InChI is InChI=1S/C28H34BrN3OS/c1-19-17-21(20(2)31(19)25-15-13-22(29)14-16-25)18-26-27(33)32(24-11-7-4-8-12-24)28(34-26)30-23-9-5-3-6-10-23/h13-18,23-24H,3-12H2,1-2H3/b26-18-,30-28?. The number of aromatic nitrogens is 1. The van der Waals surface area contributed by atoms with Gasteiger partial charge in [0.2, 0.25) is 0 Å². The average Bonchev–Trinajstić information content (AvgIpc) is 3.30. The molecule has 0 bridgehead atoms. The van der Waals surface area contributed by atoms with Gasteiger partial charge in [0.05, 0.1) is 10.9 Å². The minimum Gasteiger partial charge on any atom is -0.318 e. The Morgan fingerprint density at radius 2 is 1.62 bits per heavy atom. The first-order valence-electron chi connectivity index (χ1n) is 12.8. The van der Waals surface area contributed by atoms with Crippen molar-refractivity contribution in [1.82, 2.24) is 9.47 Å². The SMILES string of the molecule is Cc1cc(/C=C2\SC(=NC3CCCCC3)N(C3CCCCC3)C2=O)c(C)n1-c1ccc(Br)cc1. The van der Waals surface area contributed by atoms with Crippen molar-refractivity contribution in [3.8, 4) is 5.69 Å². The molecule has 3 fully saturated rings. The molecule has 1 amide bonds. The summed E-state index contributed by atoms with van der Waals surface area (Å²) in [6.45, 7) is 4.27. The first kappa shape index (κ1) is 23.9. The molecule has 0 radical (unpaired) electrons. The summed E-state index contributed by atoms with van der Waals surface area (Å²) in [5, 5.41) is 0.955. The van der Waals surface area contributed by atoms with Crippen LogP contribution in [0.3, 0.4) is 0 Å². The minimum absolute atomic E-state index is 0.153. The summed E-state index contributed by atoms with van der Waals surface area (Å²) in [7, 11) is 0. The van der Waals surface area contributed by atoms with Crippen LogP contribution in [0.15, 0.2) is 44.7 Å². The Morgan fingerprint density at radius 3 is 2.29 bits per heavy atom. The van der Waals surface area contributed by atoms with Crippen LogP contribution < -0.4 is 0 Å². The second kappa shape index (κ2) is 10.4. The van der Waals surface area contributed by atoms with Gasteiger partial charge in [-0.15, -0.1) is 0 Å². The third-order valence-corrected chi connectivity index (χ3v) is 9.01. The van der Waals surface area contributed by atoms with Crippen LogP contribution in [0.1, 0.15) is 81.2 Å². The fraction of sp³-hybridized carbons (Fsp3) is 0.500. The Bertz CT molecular complexity index is 1110. The van der Waals surface area contributed by atoms with Gasteiger partial charge < -0.3 is 4.57 Å². The number of amidine groups is 1. The van der Waals surface area contributed by atoms with E-state index in [4.69, 9.17) is 4.99 Å². The second-order valence-electron chi connectivity index (χ2n) is 9.92. The van der Waals surface area contributed by atoms with Crippen molar-refractivity contribution in [2.24, 2.45) is 4.99 Å². The van der Waals surface area contributed by atoms with Crippen molar-refractivity contribution in [3.05, 3.63) is 56.7 Å². The highest BCUT2D eigenvalue weighted by Gasteiger charge is 2.39. The van der Waals surface area contributed by atoms with Gasteiger partial charge >= 0.3 is 0 Å². The van der Waals surface area contributed by atoms with Crippen molar-refractivity contribution < 1.29 is 4.79 Å². The Labute approximate surface area is 216 Å². The number of nitrogens with zero attached hydrogens (tertiary/aromatic N) is 3. The van der Waals surface area contributed by atoms with Crippen LogP contribution in [0.25, 0.3) is 11.8 Å². The van der Waals surface area contributed by atoms with E-state index in [-0.39, 0.29) is 5.91 Å². The van der Waals surface area contributed by atoms with E-state index in [1.165, 1.54) is 44.2 Å². The lowest BCUT2D eigenvalue weighted by Crippen LogP contribution is -2.41. The van der Waals surface area contributed by atoms with Crippen molar-refractivity contribution in [2.75, 3.05) is 0 Å². The quantitative estimate of drug-likeness (QED) is 0.371. The Kier molecular flexibility index (Phi) is 7.35. The first-order valence-corrected chi connectivity index (χ1v) is 14.4. The van der Waals surface area contributed by atoms with Gasteiger partial charge in [-0.1, -0.05) is 54.5 Å². The molecule has 0 unspecified atom stereocenters. The highest BCUT2D eigenvalue weighted by atomic mass is 79.9. The van der Waals surface area contributed by atoms with E-state index in [0.717, 1.165) is 57.2 Å². The van der Waals surface area contributed by atoms with E-state index in [1.54, 1.807) is 11.8 Å². The first-order chi connectivity index (χ1) is 16.5. The van der Waals surface area contributed by atoms with Crippen molar-refractivity contribution in [3.63, 3.8) is 0 Å². The van der Waals surface area contributed by atoms with Crippen molar-refractivity contribution in [2.45, 2.75) is 90.1 Å². The number of thioether (sulfide) groups is 1. The molecule has 6 heteroatoms. The summed E-state index contributed by atoms with van der Waals surface area (Å²) >= 11 is 5.13. The molecule has 3 aliphatic rings. The Hall–Kier alpha value is -1.79. The largest absolute Gasteiger partial charge is 0.318 e. The van der Waals surface area contributed by atoms with Crippen LogP contribution in [0.5, 0.6) is 0 Å². The smallest absolute Gasteiger partial charge is 0.267 e. The summed E-state index contributed by atoms with van der Waals surface area (Å²) in [5.41, 5.74) is 4.57. The number of carbonyl (C=O) groups excluding carboxylic acids is 1. The van der Waals surface area contributed by atoms with Crippen LogP contribution in [0, 0.1) is 13.8 Å². The number of hydrogen-bond donors (Lipinski definition) is 0. The summed E-state index contributed by atoms with van der Waals surface area (Å²) in [6.07, 6.45) is 14.2. The molecule has 1 saturated heterocycles. The molecule has 5 rings (SSSR count). The Morgan fingerprint density at radius 1 is 0.971 bits per heavy atom. The van der Waals surface area contributed by atoms with Crippen LogP contribution >= 0.6 is 27.7 Å². The maximum absolute atomic E-state index is 13.7. The fourth-order valence-electron chi connectivity index (χ4n) is 5.67. The molecule has 4 nitrogen and oxygen atoms in total. The zero-order valence-electron chi connectivity index (χ0n) is 20.2. The molecule has 180 valence electrons. The van der Waals surface area contributed by atoms with Gasteiger partial charge in [0.15, 0.2) is 5.17 Å². The molecule has 1 aliphatic heterocycles. The molecular formula is C28H34BrN3OS. The van der Waals surface area contributed by atoms with Gasteiger partial charge in [-0.05, 0) is 93.3 Å². The van der Waals surface area contributed by atoms with Crippen molar-refractivity contribution in [1.29, 1.82) is 0 Å². The van der Waals surface area contributed by atoms with E-state index in [2.05, 4.69) is 75.7 Å². The predicted molar refractivity (Wildman–Crippen MR) is 147 cm³/mol. The second-order valence-corrected chi connectivity index (χ2v) is 11.8. The lowest BCUT2D eigenvalue weighted by molar-refractivity contribution is -0.124. The average molecular weight is 541 g/mol. The summed E-state index contributed by atoms with van der Waals surface area (Å²) < 4.78 is 3.33. The lowest BCUT2D eigenvalue weighted by atomic mass is 9.94. The van der Waals surface area contributed by atoms with Crippen LogP contribution in [-0.2, 0) is 4.79 Å². The molecule has 2 saturated carbocycles. The number of aryl methyl sites for hydroxylation is 1. The van der Waals surface area contributed by atoms with Crippen molar-refractivity contribution >= 4 is 44.8 Å². The molecule has 2 aromatic rings. The topological polar surface area (TPSA) is 37.6 Å². The Balaban J connectivity index is 1.48. The maximum Gasteiger partial charge on any atom is 0.267 e. The number of benzene rings is 1. The van der Waals surface area contributed by atoms with E-state index < -0.39 is 0 Å². The van der Waals surface area contributed by atoms with Gasteiger partial charge in [0, 0.05) is 27.6 Å². The van der Waals surface area contributed by atoms with Gasteiger partial charge in [-0.25, -0.2) is 0 Å². The number of carbonyl (C=O) groups is 1. The maximum atomic E-state index is 13.7. The van der Waals surface area contributed by atoms with Crippen LogP contribution in [0.2, 0.25) is 0 Å². The summed E-state index contributed by atoms with van der Waals surface area (Å²) in [5.74, 6) is 0.153. The normalized spacial score (nSPS) is 22.9. The molecular weight excluding hydrogens is 506 g/mol. The highest BCUT2D eigenvalue weighted by molar-refractivity contribution is 9.10. The van der Waals surface area contributed by atoms with Gasteiger partial charge in [-0.2, -0.15) is 0 Å². The van der Waals surface area contributed by atoms with E-state index in [1.807, 2.05) is 0 Å². The molecule has 1 aromatic heterocycles. The third-order valence-electron chi connectivity index (χ3n) is 7.49. The monoisotopic (exact) mass is 539 g/mol.